The first kappa shape index (κ1) is 13.1. The number of aliphatic carboxylic acids is 1. The van der Waals surface area contributed by atoms with Crippen molar-refractivity contribution in [3.63, 3.8) is 0 Å². The highest BCUT2D eigenvalue weighted by atomic mass is 16.4. The minimum Gasteiger partial charge on any atom is -0.481 e. The number of furan rings is 1. The average molecular weight is 252 g/mol. The molecule has 2 rings (SSSR count). The van der Waals surface area contributed by atoms with Crippen LogP contribution in [-0.4, -0.2) is 53.6 Å². The second-order valence-corrected chi connectivity index (χ2v) is 4.75. The van der Waals surface area contributed by atoms with Crippen LogP contribution in [0.25, 0.3) is 0 Å². The number of carboxylic acids is 1. The van der Waals surface area contributed by atoms with E-state index in [0.29, 0.717) is 12.6 Å². The van der Waals surface area contributed by atoms with Crippen molar-refractivity contribution in [2.75, 3.05) is 32.7 Å². The molecule has 1 saturated heterocycles. The van der Waals surface area contributed by atoms with Gasteiger partial charge in [0.1, 0.15) is 0 Å². The van der Waals surface area contributed by atoms with E-state index in [1.54, 1.807) is 12.5 Å². The quantitative estimate of drug-likeness (QED) is 0.859. The van der Waals surface area contributed by atoms with E-state index in [2.05, 4.69) is 16.7 Å². The van der Waals surface area contributed by atoms with Crippen LogP contribution in [0.5, 0.6) is 0 Å². The van der Waals surface area contributed by atoms with Crippen molar-refractivity contribution in [3.05, 3.63) is 24.2 Å². The fourth-order valence-electron chi connectivity index (χ4n) is 2.35. The third-order valence-electron chi connectivity index (χ3n) is 3.62. The number of carboxylic acid groups (broad SMARTS) is 1. The Morgan fingerprint density at radius 3 is 2.72 bits per heavy atom. The number of rotatable bonds is 5. The van der Waals surface area contributed by atoms with Gasteiger partial charge in [0.05, 0.1) is 18.9 Å². The molecule has 1 aliphatic heterocycles. The molecule has 5 nitrogen and oxygen atoms in total. The van der Waals surface area contributed by atoms with Crippen molar-refractivity contribution in [1.82, 2.24) is 9.80 Å². The number of nitrogens with zero attached hydrogens (tertiary/aromatic N) is 2. The molecular formula is C13H20N2O3. The molecule has 1 atom stereocenters. The molecule has 1 unspecified atom stereocenters. The molecule has 1 aliphatic rings. The molecule has 2 heterocycles. The first-order valence-electron chi connectivity index (χ1n) is 6.37. The minimum absolute atomic E-state index is 0.233. The van der Waals surface area contributed by atoms with Crippen LogP contribution in [0.3, 0.4) is 0 Å². The van der Waals surface area contributed by atoms with Gasteiger partial charge in [-0.05, 0) is 13.0 Å². The topological polar surface area (TPSA) is 56.9 Å². The smallest absolute Gasteiger partial charge is 0.304 e. The lowest BCUT2D eigenvalue weighted by Crippen LogP contribution is -2.47. The van der Waals surface area contributed by atoms with Crippen LogP contribution in [0.15, 0.2) is 23.0 Å². The van der Waals surface area contributed by atoms with Crippen molar-refractivity contribution >= 4 is 5.97 Å². The van der Waals surface area contributed by atoms with Crippen LogP contribution in [0.4, 0.5) is 0 Å². The SMILES string of the molecule is CC(c1ccoc1)N1CCN(CCC(=O)O)CC1. The highest BCUT2D eigenvalue weighted by molar-refractivity contribution is 5.66. The largest absolute Gasteiger partial charge is 0.481 e. The Hall–Kier alpha value is -1.33. The van der Waals surface area contributed by atoms with Gasteiger partial charge in [-0.2, -0.15) is 0 Å². The molecule has 0 saturated carbocycles. The molecule has 100 valence electrons. The van der Waals surface area contributed by atoms with E-state index in [1.165, 1.54) is 5.56 Å². The first-order valence-corrected chi connectivity index (χ1v) is 6.37. The highest BCUT2D eigenvalue weighted by Crippen LogP contribution is 2.21. The zero-order valence-electron chi connectivity index (χ0n) is 10.7. The molecular weight excluding hydrogens is 232 g/mol. The van der Waals surface area contributed by atoms with Crippen molar-refractivity contribution in [2.45, 2.75) is 19.4 Å². The van der Waals surface area contributed by atoms with Crippen LogP contribution < -0.4 is 0 Å². The summed E-state index contributed by atoms with van der Waals surface area (Å²) < 4.78 is 5.11. The van der Waals surface area contributed by atoms with Crippen LogP contribution in [0.1, 0.15) is 24.9 Å². The number of piperazine rings is 1. The minimum atomic E-state index is -0.718. The fraction of sp³-hybridized carbons (Fsp3) is 0.615. The van der Waals surface area contributed by atoms with Gasteiger partial charge in [-0.25, -0.2) is 0 Å². The molecule has 0 aromatic carbocycles. The summed E-state index contributed by atoms with van der Waals surface area (Å²) >= 11 is 0. The summed E-state index contributed by atoms with van der Waals surface area (Å²) in [5, 5.41) is 8.66. The lowest BCUT2D eigenvalue weighted by atomic mass is 10.1. The van der Waals surface area contributed by atoms with Crippen LogP contribution >= 0.6 is 0 Å². The maximum Gasteiger partial charge on any atom is 0.304 e. The van der Waals surface area contributed by atoms with Crippen LogP contribution in [-0.2, 0) is 4.79 Å². The molecule has 5 heteroatoms. The second kappa shape index (κ2) is 6.02. The maximum absolute atomic E-state index is 10.5. The number of hydrogen-bond donors (Lipinski definition) is 1. The van der Waals surface area contributed by atoms with E-state index >= 15 is 0 Å². The molecule has 0 bridgehead atoms. The Balaban J connectivity index is 1.78. The normalized spacial score (nSPS) is 19.8. The Kier molecular flexibility index (Phi) is 4.38. The summed E-state index contributed by atoms with van der Waals surface area (Å²) in [5.41, 5.74) is 1.20. The van der Waals surface area contributed by atoms with E-state index in [-0.39, 0.29) is 6.42 Å². The molecule has 0 amide bonds. The molecule has 0 aliphatic carbocycles. The summed E-state index contributed by atoms with van der Waals surface area (Å²) in [6.07, 6.45) is 3.73. The van der Waals surface area contributed by atoms with E-state index in [0.717, 1.165) is 26.2 Å². The predicted molar refractivity (Wildman–Crippen MR) is 67.4 cm³/mol. The Morgan fingerprint density at radius 2 is 2.17 bits per heavy atom. The van der Waals surface area contributed by atoms with Crippen molar-refractivity contribution in [3.8, 4) is 0 Å². The first-order chi connectivity index (χ1) is 8.66. The molecule has 1 fully saturated rings. The highest BCUT2D eigenvalue weighted by Gasteiger charge is 2.22. The second-order valence-electron chi connectivity index (χ2n) is 4.75. The van der Waals surface area contributed by atoms with Gasteiger partial charge in [-0.1, -0.05) is 0 Å². The standard InChI is InChI=1S/C13H20N2O3/c1-11(12-3-9-18-10-12)15-7-5-14(6-8-15)4-2-13(16)17/h3,9-11H,2,4-8H2,1H3,(H,16,17). The molecule has 1 N–H and O–H groups in total. The van der Waals surface area contributed by atoms with Crippen molar-refractivity contribution in [1.29, 1.82) is 0 Å². The zero-order chi connectivity index (χ0) is 13.0. The summed E-state index contributed by atoms with van der Waals surface area (Å²) in [5.74, 6) is -0.718. The lowest BCUT2D eigenvalue weighted by Gasteiger charge is -2.37. The number of hydrogen-bond acceptors (Lipinski definition) is 4. The average Bonchev–Trinajstić information content (AvgIpc) is 2.90. The van der Waals surface area contributed by atoms with Gasteiger partial charge in [0, 0.05) is 44.3 Å². The van der Waals surface area contributed by atoms with Crippen LogP contribution in [0.2, 0.25) is 0 Å². The predicted octanol–water partition coefficient (Wildman–Crippen LogP) is 1.43. The van der Waals surface area contributed by atoms with Gasteiger partial charge in [0.15, 0.2) is 0 Å². The zero-order valence-corrected chi connectivity index (χ0v) is 10.7. The van der Waals surface area contributed by atoms with Crippen molar-refractivity contribution in [2.24, 2.45) is 0 Å². The fourth-order valence-corrected chi connectivity index (χ4v) is 2.35. The van der Waals surface area contributed by atoms with Gasteiger partial charge in [-0.15, -0.1) is 0 Å². The molecule has 1 aromatic rings. The summed E-state index contributed by atoms with van der Waals surface area (Å²) in [6.45, 7) is 6.67. The number of carbonyl (C=O) groups is 1. The van der Waals surface area contributed by atoms with Gasteiger partial charge in [0.25, 0.3) is 0 Å². The van der Waals surface area contributed by atoms with Gasteiger partial charge < -0.3 is 14.4 Å². The van der Waals surface area contributed by atoms with E-state index in [4.69, 9.17) is 9.52 Å². The van der Waals surface area contributed by atoms with Gasteiger partial charge >= 0.3 is 5.97 Å². The summed E-state index contributed by atoms with van der Waals surface area (Å²) in [4.78, 5) is 15.1. The Labute approximate surface area is 107 Å². The van der Waals surface area contributed by atoms with Gasteiger partial charge in [0.2, 0.25) is 0 Å². The Morgan fingerprint density at radius 1 is 1.44 bits per heavy atom. The molecule has 18 heavy (non-hydrogen) atoms. The molecule has 0 spiro atoms. The van der Waals surface area contributed by atoms with Crippen LogP contribution in [0, 0.1) is 0 Å². The maximum atomic E-state index is 10.5. The van der Waals surface area contributed by atoms with E-state index < -0.39 is 5.97 Å². The third kappa shape index (κ3) is 3.34. The van der Waals surface area contributed by atoms with Crippen molar-refractivity contribution < 1.29 is 14.3 Å². The summed E-state index contributed by atoms with van der Waals surface area (Å²) in [7, 11) is 0. The monoisotopic (exact) mass is 252 g/mol. The Bertz CT molecular complexity index is 370. The molecule has 1 aromatic heterocycles. The summed E-state index contributed by atoms with van der Waals surface area (Å²) in [6, 6.07) is 2.37. The lowest BCUT2D eigenvalue weighted by molar-refractivity contribution is -0.137. The van der Waals surface area contributed by atoms with Gasteiger partial charge in [-0.3, -0.25) is 9.69 Å². The molecule has 0 radical (unpaired) electrons. The van der Waals surface area contributed by atoms with E-state index in [1.807, 2.05) is 6.07 Å². The third-order valence-corrected chi connectivity index (χ3v) is 3.62. The van der Waals surface area contributed by atoms with E-state index in [9.17, 15) is 4.79 Å².